The molecule has 0 bridgehead atoms. The molecule has 0 saturated heterocycles. The number of hydrogen-bond acceptors (Lipinski definition) is 2. The van der Waals surface area contributed by atoms with Gasteiger partial charge in [0.05, 0.1) is 0 Å². The van der Waals surface area contributed by atoms with Gasteiger partial charge in [0.2, 0.25) is 0 Å². The maximum atomic E-state index is 12.0. The highest BCUT2D eigenvalue weighted by atomic mass is 19.4. The molecule has 0 fully saturated rings. The third-order valence-corrected chi connectivity index (χ3v) is 3.49. The lowest BCUT2D eigenvalue weighted by molar-refractivity contribution is -0.274. The fraction of sp³-hybridized carbons (Fsp3) is 0.500. The van der Waals surface area contributed by atoms with Crippen molar-refractivity contribution in [1.82, 2.24) is 5.32 Å². The molecule has 0 amide bonds. The van der Waals surface area contributed by atoms with Gasteiger partial charge in [-0.3, -0.25) is 0 Å². The smallest absolute Gasteiger partial charge is 0.406 e. The Morgan fingerprint density at radius 2 is 1.86 bits per heavy atom. The minimum absolute atomic E-state index is 0.182. The summed E-state index contributed by atoms with van der Waals surface area (Å²) in [6, 6.07) is 5.98. The van der Waals surface area contributed by atoms with Crippen molar-refractivity contribution in [3.63, 3.8) is 0 Å². The number of halogens is 3. The molecule has 0 saturated carbocycles. The molecule has 0 unspecified atom stereocenters. The molecule has 2 nitrogen and oxygen atoms in total. The van der Waals surface area contributed by atoms with Crippen LogP contribution < -0.4 is 10.1 Å². The van der Waals surface area contributed by atoms with Gasteiger partial charge in [0.1, 0.15) is 5.75 Å². The molecule has 0 aliphatic heterocycles. The first kappa shape index (κ1) is 15.9. The predicted molar refractivity (Wildman–Crippen MR) is 76.0 cm³/mol. The Kier molecular flexibility index (Phi) is 5.67. The minimum Gasteiger partial charge on any atom is -0.406 e. The van der Waals surface area contributed by atoms with Crippen LogP contribution in [0.3, 0.4) is 0 Å². The van der Waals surface area contributed by atoms with Crippen molar-refractivity contribution in [2.24, 2.45) is 0 Å². The summed E-state index contributed by atoms with van der Waals surface area (Å²) in [4.78, 5) is 0. The molecule has 1 aliphatic rings. The quantitative estimate of drug-likeness (QED) is 0.614. The second-order valence-corrected chi connectivity index (χ2v) is 5.23. The van der Waals surface area contributed by atoms with E-state index in [-0.39, 0.29) is 5.75 Å². The summed E-state index contributed by atoms with van der Waals surface area (Å²) in [7, 11) is 0. The molecule has 0 heterocycles. The Morgan fingerprint density at radius 3 is 2.48 bits per heavy atom. The van der Waals surface area contributed by atoms with Gasteiger partial charge < -0.3 is 10.1 Å². The van der Waals surface area contributed by atoms with Crippen LogP contribution in [0.25, 0.3) is 0 Å². The zero-order chi connectivity index (χ0) is 15.1. The minimum atomic E-state index is -4.63. The number of hydrogen-bond donors (Lipinski definition) is 1. The number of ether oxygens (including phenoxy) is 1. The predicted octanol–water partition coefficient (Wildman–Crippen LogP) is 4.57. The van der Waals surface area contributed by atoms with E-state index in [1.807, 2.05) is 0 Å². The van der Waals surface area contributed by atoms with E-state index in [9.17, 15) is 13.2 Å². The van der Waals surface area contributed by atoms with E-state index in [1.54, 1.807) is 12.1 Å². The maximum absolute atomic E-state index is 12.0. The second kappa shape index (κ2) is 7.50. The summed E-state index contributed by atoms with van der Waals surface area (Å²) in [5.41, 5.74) is 2.46. The Morgan fingerprint density at radius 1 is 1.10 bits per heavy atom. The highest BCUT2D eigenvalue weighted by Gasteiger charge is 2.30. The fourth-order valence-corrected chi connectivity index (χ4v) is 2.42. The monoisotopic (exact) mass is 299 g/mol. The zero-order valence-corrected chi connectivity index (χ0v) is 11.9. The van der Waals surface area contributed by atoms with Crippen molar-refractivity contribution in [2.45, 2.75) is 45.0 Å². The first-order valence-electron chi connectivity index (χ1n) is 7.26. The van der Waals surface area contributed by atoms with Crippen molar-refractivity contribution in [3.05, 3.63) is 41.5 Å². The summed E-state index contributed by atoms with van der Waals surface area (Å²) < 4.78 is 39.9. The molecular formula is C16H20F3NO. The van der Waals surface area contributed by atoms with Crippen LogP contribution in [-0.2, 0) is 6.54 Å². The van der Waals surface area contributed by atoms with E-state index in [2.05, 4.69) is 16.1 Å². The Balaban J connectivity index is 1.70. The van der Waals surface area contributed by atoms with Gasteiger partial charge in [-0.05, 0) is 56.3 Å². The summed E-state index contributed by atoms with van der Waals surface area (Å²) in [6.07, 6.45) is 3.72. The van der Waals surface area contributed by atoms with Gasteiger partial charge in [0.25, 0.3) is 0 Å². The molecule has 21 heavy (non-hydrogen) atoms. The highest BCUT2D eigenvalue weighted by molar-refractivity contribution is 5.27. The summed E-state index contributed by atoms with van der Waals surface area (Å²) in [5.74, 6) is -0.182. The largest absolute Gasteiger partial charge is 0.573 e. The van der Waals surface area contributed by atoms with Crippen LogP contribution in [0.5, 0.6) is 5.75 Å². The first-order chi connectivity index (χ1) is 10.0. The molecule has 116 valence electrons. The molecule has 2 rings (SSSR count). The van der Waals surface area contributed by atoms with E-state index in [0.717, 1.165) is 18.5 Å². The molecule has 1 aliphatic carbocycles. The molecule has 0 atom stereocenters. The maximum Gasteiger partial charge on any atom is 0.573 e. The van der Waals surface area contributed by atoms with Gasteiger partial charge in [-0.2, -0.15) is 0 Å². The Labute approximate surface area is 123 Å². The first-order valence-corrected chi connectivity index (χ1v) is 7.26. The van der Waals surface area contributed by atoms with E-state index in [0.29, 0.717) is 6.54 Å². The number of nitrogens with one attached hydrogen (secondary N) is 1. The third-order valence-electron chi connectivity index (χ3n) is 3.49. The average molecular weight is 299 g/mol. The number of rotatable bonds is 6. The number of benzene rings is 1. The summed E-state index contributed by atoms with van der Waals surface area (Å²) in [5, 5.41) is 3.31. The van der Waals surface area contributed by atoms with Gasteiger partial charge in [-0.25, -0.2) is 0 Å². The number of alkyl halides is 3. The molecular weight excluding hydrogens is 279 g/mol. The Bertz CT molecular complexity index is 465. The zero-order valence-electron chi connectivity index (χ0n) is 11.9. The van der Waals surface area contributed by atoms with Crippen LogP contribution in [0, 0.1) is 0 Å². The lowest BCUT2D eigenvalue weighted by Crippen LogP contribution is -2.17. The van der Waals surface area contributed by atoms with Crippen molar-refractivity contribution in [2.75, 3.05) is 6.54 Å². The van der Waals surface area contributed by atoms with Gasteiger partial charge in [-0.15, -0.1) is 13.2 Å². The third kappa shape index (κ3) is 6.21. The van der Waals surface area contributed by atoms with Gasteiger partial charge in [0.15, 0.2) is 0 Å². The fourth-order valence-electron chi connectivity index (χ4n) is 2.42. The van der Waals surface area contributed by atoms with Gasteiger partial charge in [0, 0.05) is 6.54 Å². The molecule has 5 heteroatoms. The van der Waals surface area contributed by atoms with Crippen LogP contribution in [0.1, 0.15) is 37.7 Å². The van der Waals surface area contributed by atoms with E-state index >= 15 is 0 Å². The van der Waals surface area contributed by atoms with Crippen molar-refractivity contribution >= 4 is 0 Å². The number of allylic oxidation sites excluding steroid dienone is 1. The van der Waals surface area contributed by atoms with E-state index < -0.39 is 6.36 Å². The second-order valence-electron chi connectivity index (χ2n) is 5.23. The standard InChI is InChI=1S/C16H20F3NO/c17-16(18,19)21-15-8-6-14(7-9-15)12-20-11-10-13-4-2-1-3-5-13/h4,6-9,20H,1-3,5,10-12H2. The summed E-state index contributed by atoms with van der Waals surface area (Å²) >= 11 is 0. The molecule has 0 spiro atoms. The van der Waals surface area contributed by atoms with Crippen LogP contribution in [0.2, 0.25) is 0 Å². The summed E-state index contributed by atoms with van der Waals surface area (Å²) in [6.45, 7) is 1.55. The average Bonchev–Trinajstić information content (AvgIpc) is 2.45. The van der Waals surface area contributed by atoms with Gasteiger partial charge in [-0.1, -0.05) is 23.8 Å². The van der Waals surface area contributed by atoms with E-state index in [4.69, 9.17) is 0 Å². The molecule has 0 radical (unpaired) electrons. The van der Waals surface area contributed by atoms with E-state index in [1.165, 1.54) is 43.4 Å². The van der Waals surface area contributed by atoms with Crippen LogP contribution in [-0.4, -0.2) is 12.9 Å². The van der Waals surface area contributed by atoms with Crippen LogP contribution in [0.15, 0.2) is 35.9 Å². The van der Waals surface area contributed by atoms with Crippen molar-refractivity contribution < 1.29 is 17.9 Å². The van der Waals surface area contributed by atoms with Crippen LogP contribution >= 0.6 is 0 Å². The molecule has 0 aromatic heterocycles. The topological polar surface area (TPSA) is 21.3 Å². The molecule has 1 N–H and O–H groups in total. The molecule has 1 aromatic rings. The van der Waals surface area contributed by atoms with Crippen molar-refractivity contribution in [1.29, 1.82) is 0 Å². The Hall–Kier alpha value is -1.49. The van der Waals surface area contributed by atoms with Crippen molar-refractivity contribution in [3.8, 4) is 5.75 Å². The normalized spacial score (nSPS) is 15.7. The SMILES string of the molecule is FC(F)(F)Oc1ccc(CNCCC2=CCCCC2)cc1. The van der Waals surface area contributed by atoms with Crippen LogP contribution in [0.4, 0.5) is 13.2 Å². The lowest BCUT2D eigenvalue weighted by Gasteiger charge is -2.13. The molecule has 1 aromatic carbocycles. The lowest BCUT2D eigenvalue weighted by atomic mass is 9.97. The highest BCUT2D eigenvalue weighted by Crippen LogP contribution is 2.23. The van der Waals surface area contributed by atoms with Gasteiger partial charge >= 0.3 is 6.36 Å².